The lowest BCUT2D eigenvalue weighted by atomic mass is 10.0. The van der Waals surface area contributed by atoms with E-state index < -0.39 is 0 Å². The summed E-state index contributed by atoms with van der Waals surface area (Å²) in [4.78, 5) is 14.2. The molecule has 1 aliphatic rings. The first-order valence-electron chi connectivity index (χ1n) is 6.29. The molecule has 0 saturated heterocycles. The predicted molar refractivity (Wildman–Crippen MR) is 75.0 cm³/mol. The molecule has 3 heteroatoms. The monoisotopic (exact) mass is 253 g/mol. The summed E-state index contributed by atoms with van der Waals surface area (Å²) in [6.45, 7) is 1.93. The summed E-state index contributed by atoms with van der Waals surface area (Å²) in [6, 6.07) is 15.5. The molecular weight excluding hydrogens is 238 g/mol. The number of nitrogens with zero attached hydrogens (tertiary/aromatic N) is 1. The lowest BCUT2D eigenvalue weighted by Crippen LogP contribution is -2.22. The summed E-state index contributed by atoms with van der Waals surface area (Å²) in [7, 11) is 1.64. The number of hydrogen-bond donors (Lipinski definition) is 0. The predicted octanol–water partition coefficient (Wildman–Crippen LogP) is 3.48. The van der Waals surface area contributed by atoms with Crippen molar-refractivity contribution in [1.82, 2.24) is 0 Å². The molecule has 0 N–H and O–H groups in total. The quantitative estimate of drug-likeness (QED) is 0.820. The number of methoxy groups -OCH3 is 1. The van der Waals surface area contributed by atoms with Crippen molar-refractivity contribution in [3.8, 4) is 5.75 Å². The fraction of sp³-hybridized carbons (Fsp3) is 0.188. The second-order valence-corrected chi connectivity index (χ2v) is 4.66. The molecule has 0 bridgehead atoms. The SMILES string of the molecule is COc1ccc2c(c1)[C@H](C)C(=O)N2c1ccccc1. The van der Waals surface area contributed by atoms with Crippen LogP contribution < -0.4 is 9.64 Å². The highest BCUT2D eigenvalue weighted by molar-refractivity contribution is 6.10. The van der Waals surface area contributed by atoms with E-state index in [1.807, 2.05) is 55.5 Å². The minimum atomic E-state index is -0.134. The Morgan fingerprint density at radius 1 is 1.11 bits per heavy atom. The van der Waals surface area contributed by atoms with Crippen molar-refractivity contribution >= 4 is 17.3 Å². The standard InChI is InChI=1S/C16H15NO2/c1-11-14-10-13(19-2)8-9-15(14)17(16(11)18)12-6-4-3-5-7-12/h3-11H,1-2H3/t11-/m0/s1. The molecule has 0 spiro atoms. The van der Waals surface area contributed by atoms with Crippen LogP contribution in [0.3, 0.4) is 0 Å². The van der Waals surface area contributed by atoms with Crippen molar-refractivity contribution in [1.29, 1.82) is 0 Å². The Hall–Kier alpha value is -2.29. The summed E-state index contributed by atoms with van der Waals surface area (Å²) < 4.78 is 5.23. The largest absolute Gasteiger partial charge is 0.497 e. The molecule has 1 amide bonds. The average molecular weight is 253 g/mol. The van der Waals surface area contributed by atoms with E-state index in [9.17, 15) is 4.79 Å². The smallest absolute Gasteiger partial charge is 0.238 e. The van der Waals surface area contributed by atoms with E-state index >= 15 is 0 Å². The Kier molecular flexibility index (Phi) is 2.75. The molecule has 96 valence electrons. The Morgan fingerprint density at radius 2 is 1.84 bits per heavy atom. The topological polar surface area (TPSA) is 29.5 Å². The maximum absolute atomic E-state index is 12.4. The van der Waals surface area contributed by atoms with Crippen molar-refractivity contribution in [2.45, 2.75) is 12.8 Å². The zero-order valence-electron chi connectivity index (χ0n) is 11.0. The summed E-state index contributed by atoms with van der Waals surface area (Å²) in [5, 5.41) is 0. The second kappa shape index (κ2) is 4.43. The summed E-state index contributed by atoms with van der Waals surface area (Å²) in [5.74, 6) is 0.757. The number of carbonyl (C=O) groups is 1. The number of carbonyl (C=O) groups excluding carboxylic acids is 1. The van der Waals surface area contributed by atoms with E-state index in [4.69, 9.17) is 4.74 Å². The maximum Gasteiger partial charge on any atom is 0.238 e. The van der Waals surface area contributed by atoms with E-state index in [0.717, 1.165) is 22.7 Å². The molecule has 19 heavy (non-hydrogen) atoms. The Balaban J connectivity index is 2.13. The fourth-order valence-electron chi connectivity index (χ4n) is 2.50. The highest BCUT2D eigenvalue weighted by Crippen LogP contribution is 2.42. The van der Waals surface area contributed by atoms with E-state index in [1.54, 1.807) is 12.0 Å². The van der Waals surface area contributed by atoms with Crippen LogP contribution in [-0.4, -0.2) is 13.0 Å². The van der Waals surface area contributed by atoms with Gasteiger partial charge in [-0.25, -0.2) is 0 Å². The van der Waals surface area contributed by atoms with Gasteiger partial charge in [0.25, 0.3) is 0 Å². The van der Waals surface area contributed by atoms with Crippen LogP contribution in [0.1, 0.15) is 18.4 Å². The summed E-state index contributed by atoms with van der Waals surface area (Å²) >= 11 is 0. The minimum Gasteiger partial charge on any atom is -0.497 e. The fourth-order valence-corrected chi connectivity index (χ4v) is 2.50. The number of para-hydroxylation sites is 1. The zero-order chi connectivity index (χ0) is 13.4. The lowest BCUT2D eigenvalue weighted by molar-refractivity contribution is -0.118. The van der Waals surface area contributed by atoms with Crippen LogP contribution in [0, 0.1) is 0 Å². The van der Waals surface area contributed by atoms with Crippen LogP contribution in [-0.2, 0) is 4.79 Å². The molecule has 0 aromatic heterocycles. The van der Waals surface area contributed by atoms with Crippen LogP contribution in [0.25, 0.3) is 0 Å². The number of benzene rings is 2. The van der Waals surface area contributed by atoms with Gasteiger partial charge in [0.15, 0.2) is 0 Å². The first-order chi connectivity index (χ1) is 9.22. The van der Waals surface area contributed by atoms with Gasteiger partial charge in [-0.2, -0.15) is 0 Å². The van der Waals surface area contributed by atoms with Gasteiger partial charge in [0.1, 0.15) is 5.75 Å². The zero-order valence-corrected chi connectivity index (χ0v) is 11.0. The second-order valence-electron chi connectivity index (χ2n) is 4.66. The van der Waals surface area contributed by atoms with Crippen molar-refractivity contribution in [2.24, 2.45) is 0 Å². The van der Waals surface area contributed by atoms with E-state index in [1.165, 1.54) is 0 Å². The van der Waals surface area contributed by atoms with Gasteiger partial charge in [-0.15, -0.1) is 0 Å². The molecule has 0 saturated carbocycles. The molecule has 3 nitrogen and oxygen atoms in total. The lowest BCUT2D eigenvalue weighted by Gasteiger charge is -2.17. The van der Waals surface area contributed by atoms with Gasteiger partial charge in [-0.1, -0.05) is 18.2 Å². The summed E-state index contributed by atoms with van der Waals surface area (Å²) in [6.07, 6.45) is 0. The first kappa shape index (κ1) is 11.8. The van der Waals surface area contributed by atoms with Gasteiger partial charge in [-0.05, 0) is 42.8 Å². The normalized spacial score (nSPS) is 17.5. The molecule has 1 heterocycles. The Bertz CT molecular complexity index is 622. The van der Waals surface area contributed by atoms with Gasteiger partial charge in [-0.3, -0.25) is 9.69 Å². The molecular formula is C16H15NO2. The molecule has 2 aromatic carbocycles. The highest BCUT2D eigenvalue weighted by atomic mass is 16.5. The molecule has 0 radical (unpaired) electrons. The third kappa shape index (κ3) is 1.78. The van der Waals surface area contributed by atoms with E-state index in [2.05, 4.69) is 0 Å². The molecule has 1 aliphatic heterocycles. The van der Waals surface area contributed by atoms with Gasteiger partial charge in [0.2, 0.25) is 5.91 Å². The molecule has 2 aromatic rings. The average Bonchev–Trinajstić information content (AvgIpc) is 2.71. The number of fused-ring (bicyclic) bond motifs is 1. The van der Waals surface area contributed by atoms with Gasteiger partial charge in [0.05, 0.1) is 18.7 Å². The van der Waals surface area contributed by atoms with Gasteiger partial charge < -0.3 is 4.74 Å². The van der Waals surface area contributed by atoms with Crippen molar-refractivity contribution in [3.05, 3.63) is 54.1 Å². The van der Waals surface area contributed by atoms with Crippen LogP contribution >= 0.6 is 0 Å². The summed E-state index contributed by atoms with van der Waals surface area (Å²) in [5.41, 5.74) is 2.88. The molecule has 1 atom stereocenters. The Morgan fingerprint density at radius 3 is 2.53 bits per heavy atom. The van der Waals surface area contributed by atoms with E-state index in [-0.39, 0.29) is 11.8 Å². The van der Waals surface area contributed by atoms with Crippen molar-refractivity contribution < 1.29 is 9.53 Å². The number of amides is 1. The first-order valence-corrected chi connectivity index (χ1v) is 6.29. The van der Waals surface area contributed by atoms with Gasteiger partial charge >= 0.3 is 0 Å². The minimum absolute atomic E-state index is 0.106. The Labute approximate surface area is 112 Å². The third-order valence-corrected chi connectivity index (χ3v) is 3.55. The molecule has 0 aliphatic carbocycles. The number of anilines is 2. The van der Waals surface area contributed by atoms with Gasteiger partial charge in [0, 0.05) is 5.69 Å². The van der Waals surface area contributed by atoms with Crippen LogP contribution in [0.4, 0.5) is 11.4 Å². The van der Waals surface area contributed by atoms with Crippen LogP contribution in [0.5, 0.6) is 5.75 Å². The van der Waals surface area contributed by atoms with E-state index in [0.29, 0.717) is 0 Å². The number of rotatable bonds is 2. The molecule has 3 rings (SSSR count). The van der Waals surface area contributed by atoms with Crippen molar-refractivity contribution in [3.63, 3.8) is 0 Å². The highest BCUT2D eigenvalue weighted by Gasteiger charge is 2.35. The molecule has 0 fully saturated rings. The van der Waals surface area contributed by atoms with Crippen LogP contribution in [0.15, 0.2) is 48.5 Å². The molecule has 0 unspecified atom stereocenters. The third-order valence-electron chi connectivity index (χ3n) is 3.55. The van der Waals surface area contributed by atoms with Crippen LogP contribution in [0.2, 0.25) is 0 Å². The van der Waals surface area contributed by atoms with Crippen molar-refractivity contribution in [2.75, 3.05) is 12.0 Å². The maximum atomic E-state index is 12.4. The number of ether oxygens (including phenoxy) is 1. The number of hydrogen-bond acceptors (Lipinski definition) is 2.